The minimum Gasteiger partial charge on any atom is -0.0919 e. The summed E-state index contributed by atoms with van der Waals surface area (Å²) < 4.78 is 0. The molecule has 0 nitrogen and oxygen atoms in total. The SMILES string of the molecule is BrCCBr.C. The monoisotopic (exact) mass is 202 g/mol. The van der Waals surface area contributed by atoms with Gasteiger partial charge in [-0.15, -0.1) is 0 Å². The van der Waals surface area contributed by atoms with E-state index in [1.54, 1.807) is 0 Å². The predicted octanol–water partition coefficient (Wildman–Crippen LogP) is 2.41. The summed E-state index contributed by atoms with van der Waals surface area (Å²) >= 11 is 6.40. The van der Waals surface area contributed by atoms with E-state index in [9.17, 15) is 0 Å². The Bertz CT molecular complexity index is 6.85. The Labute approximate surface area is 50.2 Å². The van der Waals surface area contributed by atoms with E-state index in [4.69, 9.17) is 0 Å². The molecule has 0 rings (SSSR count). The van der Waals surface area contributed by atoms with Crippen LogP contribution in [0.25, 0.3) is 0 Å². The molecule has 0 aliphatic heterocycles. The van der Waals surface area contributed by atoms with Gasteiger partial charge < -0.3 is 0 Å². The topological polar surface area (TPSA) is 0 Å². The molecule has 0 radical (unpaired) electrons. The molecule has 0 bridgehead atoms. The van der Waals surface area contributed by atoms with Gasteiger partial charge in [-0.3, -0.25) is 0 Å². The van der Waals surface area contributed by atoms with Crippen LogP contribution in [0.15, 0.2) is 0 Å². The van der Waals surface area contributed by atoms with E-state index in [1.807, 2.05) is 0 Å². The quantitative estimate of drug-likeness (QED) is 0.575. The summed E-state index contributed by atoms with van der Waals surface area (Å²) in [6.07, 6.45) is 0. The maximum Gasteiger partial charge on any atom is 0.0129 e. The van der Waals surface area contributed by atoms with Crippen molar-refractivity contribution in [2.24, 2.45) is 0 Å². The molecular formula is C3H8Br2. The van der Waals surface area contributed by atoms with Crippen LogP contribution in [0.5, 0.6) is 0 Å². The van der Waals surface area contributed by atoms with Gasteiger partial charge in [0.2, 0.25) is 0 Å². The Morgan fingerprint density at radius 2 is 1.20 bits per heavy atom. The Morgan fingerprint density at radius 1 is 1.00 bits per heavy atom. The minimum atomic E-state index is 0. The van der Waals surface area contributed by atoms with Gasteiger partial charge in [-0.05, 0) is 0 Å². The van der Waals surface area contributed by atoms with E-state index in [0.717, 1.165) is 10.7 Å². The van der Waals surface area contributed by atoms with Crippen LogP contribution in [0.1, 0.15) is 7.43 Å². The van der Waals surface area contributed by atoms with Crippen LogP contribution in [-0.4, -0.2) is 10.7 Å². The molecule has 34 valence electrons. The summed E-state index contributed by atoms with van der Waals surface area (Å²) in [7, 11) is 0. The molecule has 0 unspecified atom stereocenters. The zero-order valence-corrected chi connectivity index (χ0v) is 5.34. The molecule has 0 aromatic rings. The van der Waals surface area contributed by atoms with Crippen molar-refractivity contribution >= 4 is 31.9 Å². The van der Waals surface area contributed by atoms with Crippen LogP contribution >= 0.6 is 31.9 Å². The summed E-state index contributed by atoms with van der Waals surface area (Å²) in [5.74, 6) is 0. The fraction of sp³-hybridized carbons (Fsp3) is 1.00. The van der Waals surface area contributed by atoms with Gasteiger partial charge in [-0.1, -0.05) is 39.3 Å². The molecule has 0 amide bonds. The van der Waals surface area contributed by atoms with Gasteiger partial charge >= 0.3 is 0 Å². The molecule has 0 aromatic carbocycles. The molecule has 0 heterocycles. The highest BCUT2D eigenvalue weighted by Crippen LogP contribution is 1.82. The van der Waals surface area contributed by atoms with E-state index in [1.165, 1.54) is 0 Å². The van der Waals surface area contributed by atoms with E-state index in [-0.39, 0.29) is 7.43 Å². The molecule has 0 fully saturated rings. The van der Waals surface area contributed by atoms with E-state index in [2.05, 4.69) is 31.9 Å². The third-order valence-corrected chi connectivity index (χ3v) is 1.93. The van der Waals surface area contributed by atoms with Crippen LogP contribution in [0, 0.1) is 0 Å². The number of hydrogen-bond donors (Lipinski definition) is 0. The van der Waals surface area contributed by atoms with E-state index in [0.29, 0.717) is 0 Å². The van der Waals surface area contributed by atoms with Crippen LogP contribution in [0.3, 0.4) is 0 Å². The first-order valence-electron chi connectivity index (χ1n) is 1.03. The lowest BCUT2D eigenvalue weighted by molar-refractivity contribution is 1.62. The summed E-state index contributed by atoms with van der Waals surface area (Å²) in [6.45, 7) is 0. The number of halogens is 2. The lowest BCUT2D eigenvalue weighted by atomic mass is 11.0. The zero-order chi connectivity index (χ0) is 3.41. The van der Waals surface area contributed by atoms with Gasteiger partial charge in [0.05, 0.1) is 0 Å². The van der Waals surface area contributed by atoms with Crippen molar-refractivity contribution in [3.8, 4) is 0 Å². The third-order valence-electron chi connectivity index (χ3n) is 0.0714. The van der Waals surface area contributed by atoms with Gasteiger partial charge in [0.15, 0.2) is 0 Å². The van der Waals surface area contributed by atoms with Crippen LogP contribution in [0.2, 0.25) is 0 Å². The van der Waals surface area contributed by atoms with Gasteiger partial charge in [-0.2, -0.15) is 0 Å². The molecule has 0 saturated heterocycles. The highest BCUT2D eigenvalue weighted by Gasteiger charge is 1.60. The molecule has 0 aliphatic rings. The van der Waals surface area contributed by atoms with Crippen LogP contribution < -0.4 is 0 Å². The molecule has 0 atom stereocenters. The van der Waals surface area contributed by atoms with Gasteiger partial charge in [0.1, 0.15) is 0 Å². The van der Waals surface area contributed by atoms with Gasteiger partial charge in [-0.25, -0.2) is 0 Å². The highest BCUT2D eigenvalue weighted by molar-refractivity contribution is 9.11. The standard InChI is InChI=1S/C2H4Br2.CH4/c3-1-2-4;/h1-2H2;1H4. The second-order valence-corrected chi connectivity index (χ2v) is 1.96. The molecule has 5 heavy (non-hydrogen) atoms. The number of hydrogen-bond acceptors (Lipinski definition) is 0. The number of alkyl halides is 2. The predicted molar refractivity (Wildman–Crippen MR) is 34.3 cm³/mol. The fourth-order valence-electron chi connectivity index (χ4n) is 0. The van der Waals surface area contributed by atoms with Crippen molar-refractivity contribution in [2.45, 2.75) is 7.43 Å². The average molecular weight is 204 g/mol. The first-order valence-corrected chi connectivity index (χ1v) is 3.28. The normalized spacial score (nSPS) is 6.00. The third kappa shape index (κ3) is 11.3. The molecule has 2 heteroatoms. The first kappa shape index (κ1) is 9.35. The summed E-state index contributed by atoms with van der Waals surface area (Å²) in [4.78, 5) is 0. The molecular weight excluding hydrogens is 196 g/mol. The van der Waals surface area contributed by atoms with Gasteiger partial charge in [0, 0.05) is 10.7 Å². The Morgan fingerprint density at radius 3 is 1.20 bits per heavy atom. The van der Waals surface area contributed by atoms with Crippen molar-refractivity contribution in [2.75, 3.05) is 10.7 Å². The number of rotatable bonds is 1. The Hall–Kier alpha value is 0.960. The van der Waals surface area contributed by atoms with Crippen LogP contribution in [0.4, 0.5) is 0 Å². The first-order chi connectivity index (χ1) is 1.91. The smallest absolute Gasteiger partial charge is 0.0129 e. The van der Waals surface area contributed by atoms with E-state index >= 15 is 0 Å². The molecule has 0 aliphatic carbocycles. The second-order valence-electron chi connectivity index (χ2n) is 0.378. The lowest BCUT2D eigenvalue weighted by Gasteiger charge is -1.63. The minimum absolute atomic E-state index is 0. The van der Waals surface area contributed by atoms with E-state index < -0.39 is 0 Å². The second kappa shape index (κ2) is 8.88. The molecule has 0 aromatic heterocycles. The largest absolute Gasteiger partial charge is 0.0919 e. The average Bonchev–Trinajstić information content (AvgIpc) is 1.37. The maximum absolute atomic E-state index is 3.20. The molecule has 0 spiro atoms. The van der Waals surface area contributed by atoms with Crippen LogP contribution in [-0.2, 0) is 0 Å². The van der Waals surface area contributed by atoms with Gasteiger partial charge in [0.25, 0.3) is 0 Å². The van der Waals surface area contributed by atoms with Crippen molar-refractivity contribution in [3.63, 3.8) is 0 Å². The Balaban J connectivity index is 0. The molecule has 0 N–H and O–H groups in total. The fourth-order valence-corrected chi connectivity index (χ4v) is 0. The summed E-state index contributed by atoms with van der Waals surface area (Å²) in [5.41, 5.74) is 0. The maximum atomic E-state index is 3.20. The summed E-state index contributed by atoms with van der Waals surface area (Å²) in [6, 6.07) is 0. The van der Waals surface area contributed by atoms with Crippen molar-refractivity contribution in [1.29, 1.82) is 0 Å². The van der Waals surface area contributed by atoms with Crippen molar-refractivity contribution in [1.82, 2.24) is 0 Å². The zero-order valence-electron chi connectivity index (χ0n) is 2.17. The van der Waals surface area contributed by atoms with Crippen molar-refractivity contribution < 1.29 is 0 Å². The molecule has 0 saturated carbocycles. The van der Waals surface area contributed by atoms with Crippen molar-refractivity contribution in [3.05, 3.63) is 0 Å². The summed E-state index contributed by atoms with van der Waals surface area (Å²) in [5, 5.41) is 2.10. The lowest BCUT2D eigenvalue weighted by Crippen LogP contribution is -1.61. The Kier molecular flexibility index (Phi) is 16.6. The highest BCUT2D eigenvalue weighted by atomic mass is 79.9.